The van der Waals surface area contributed by atoms with Gasteiger partial charge in [0, 0.05) is 32.7 Å². The van der Waals surface area contributed by atoms with E-state index in [4.69, 9.17) is 0 Å². The van der Waals surface area contributed by atoms with Gasteiger partial charge in [0.25, 0.3) is 0 Å². The highest BCUT2D eigenvalue weighted by Gasteiger charge is 2.17. The summed E-state index contributed by atoms with van der Waals surface area (Å²) in [5.74, 6) is 0.858. The second-order valence-electron chi connectivity index (χ2n) is 6.02. The summed E-state index contributed by atoms with van der Waals surface area (Å²) in [5.41, 5.74) is 2.48. The van der Waals surface area contributed by atoms with Crippen LogP contribution in [-0.2, 0) is 11.2 Å². The van der Waals surface area contributed by atoms with E-state index in [-0.39, 0.29) is 5.91 Å². The van der Waals surface area contributed by atoms with Crippen LogP contribution in [0.1, 0.15) is 37.7 Å². The van der Waals surface area contributed by atoms with E-state index in [0.717, 1.165) is 19.4 Å². The molecule has 20 heavy (non-hydrogen) atoms. The topological polar surface area (TPSA) is 32.3 Å². The van der Waals surface area contributed by atoms with Crippen molar-refractivity contribution in [2.24, 2.45) is 5.92 Å². The Balaban J connectivity index is 1.68. The Bertz CT molecular complexity index is 419. The molecule has 0 unspecified atom stereocenters. The number of rotatable bonds is 6. The van der Waals surface area contributed by atoms with Crippen LogP contribution in [0.15, 0.2) is 24.3 Å². The molecule has 0 aromatic heterocycles. The largest absolute Gasteiger partial charge is 0.378 e. The van der Waals surface area contributed by atoms with E-state index < -0.39 is 0 Å². The summed E-state index contributed by atoms with van der Waals surface area (Å²) in [7, 11) is 4.08. The van der Waals surface area contributed by atoms with Crippen LogP contribution in [0.25, 0.3) is 0 Å². The van der Waals surface area contributed by atoms with Crippen molar-refractivity contribution >= 4 is 11.6 Å². The van der Waals surface area contributed by atoms with E-state index in [9.17, 15) is 4.79 Å². The first-order valence-electron chi connectivity index (χ1n) is 7.68. The summed E-state index contributed by atoms with van der Waals surface area (Å²) in [6.45, 7) is 0.743. The lowest BCUT2D eigenvalue weighted by molar-refractivity contribution is -0.121. The monoisotopic (exact) mass is 274 g/mol. The van der Waals surface area contributed by atoms with E-state index in [2.05, 4.69) is 34.5 Å². The summed E-state index contributed by atoms with van der Waals surface area (Å²) in [5, 5.41) is 3.05. The van der Waals surface area contributed by atoms with Gasteiger partial charge < -0.3 is 10.2 Å². The van der Waals surface area contributed by atoms with Crippen molar-refractivity contribution in [2.45, 2.75) is 38.5 Å². The molecule has 2 rings (SSSR count). The zero-order valence-corrected chi connectivity index (χ0v) is 12.7. The Morgan fingerprint density at radius 1 is 1.20 bits per heavy atom. The van der Waals surface area contributed by atoms with Crippen molar-refractivity contribution in [1.29, 1.82) is 0 Å². The van der Waals surface area contributed by atoms with Gasteiger partial charge in [0.1, 0.15) is 0 Å². The van der Waals surface area contributed by atoms with Gasteiger partial charge in [-0.1, -0.05) is 25.0 Å². The van der Waals surface area contributed by atoms with E-state index >= 15 is 0 Å². The van der Waals surface area contributed by atoms with Crippen molar-refractivity contribution in [3.63, 3.8) is 0 Å². The maximum Gasteiger partial charge on any atom is 0.220 e. The predicted molar refractivity (Wildman–Crippen MR) is 84.1 cm³/mol. The molecule has 0 radical (unpaired) electrons. The average Bonchev–Trinajstić information content (AvgIpc) is 2.92. The Morgan fingerprint density at radius 2 is 1.85 bits per heavy atom. The third-order valence-corrected chi connectivity index (χ3v) is 4.14. The van der Waals surface area contributed by atoms with Crippen molar-refractivity contribution in [2.75, 3.05) is 25.5 Å². The summed E-state index contributed by atoms with van der Waals surface area (Å²) in [6, 6.07) is 8.52. The normalized spacial score (nSPS) is 15.3. The molecule has 1 aliphatic rings. The number of benzene rings is 1. The van der Waals surface area contributed by atoms with Crippen LogP contribution >= 0.6 is 0 Å². The molecule has 1 aromatic carbocycles. The molecule has 0 spiro atoms. The van der Waals surface area contributed by atoms with Crippen molar-refractivity contribution in [3.8, 4) is 0 Å². The first kappa shape index (κ1) is 14.9. The number of hydrogen-bond donors (Lipinski definition) is 1. The molecular weight excluding hydrogens is 248 g/mol. The predicted octanol–water partition coefficient (Wildman–Crippen LogP) is 2.99. The summed E-state index contributed by atoms with van der Waals surface area (Å²) in [6.07, 6.45) is 6.70. The maximum absolute atomic E-state index is 11.8. The number of nitrogens with one attached hydrogen (secondary N) is 1. The first-order chi connectivity index (χ1) is 9.65. The standard InChI is InChI=1S/C17H26N2O/c1-19(2)16-9-7-14(8-10-16)11-12-18-17(20)13-15-5-3-4-6-15/h7-10,15H,3-6,11-13H2,1-2H3,(H,18,20). The van der Waals surface area contributed by atoms with Gasteiger partial charge in [0.05, 0.1) is 0 Å². The molecule has 110 valence electrons. The van der Waals surface area contributed by atoms with Crippen molar-refractivity contribution in [3.05, 3.63) is 29.8 Å². The zero-order chi connectivity index (χ0) is 14.4. The summed E-state index contributed by atoms with van der Waals surface area (Å²) < 4.78 is 0. The molecule has 0 bridgehead atoms. The molecule has 3 nitrogen and oxygen atoms in total. The molecule has 1 N–H and O–H groups in total. The third kappa shape index (κ3) is 4.55. The highest BCUT2D eigenvalue weighted by atomic mass is 16.1. The third-order valence-electron chi connectivity index (χ3n) is 4.14. The van der Waals surface area contributed by atoms with Crippen molar-refractivity contribution in [1.82, 2.24) is 5.32 Å². The molecule has 1 amide bonds. The quantitative estimate of drug-likeness (QED) is 0.865. The number of carbonyl (C=O) groups excluding carboxylic acids is 1. The van der Waals surface area contributed by atoms with E-state index in [1.165, 1.54) is 36.9 Å². The van der Waals surface area contributed by atoms with Crippen LogP contribution in [0.2, 0.25) is 0 Å². The van der Waals surface area contributed by atoms with Gasteiger partial charge in [-0.25, -0.2) is 0 Å². The Kier molecular flexibility index (Phi) is 5.45. The smallest absolute Gasteiger partial charge is 0.220 e. The number of nitrogens with zero attached hydrogens (tertiary/aromatic N) is 1. The SMILES string of the molecule is CN(C)c1ccc(CCNC(=O)CC2CCCC2)cc1. The van der Waals surface area contributed by atoms with Crippen LogP contribution in [-0.4, -0.2) is 26.5 Å². The fourth-order valence-corrected chi connectivity index (χ4v) is 2.86. The van der Waals surface area contributed by atoms with Crippen LogP contribution in [0.3, 0.4) is 0 Å². The Hall–Kier alpha value is -1.51. The summed E-state index contributed by atoms with van der Waals surface area (Å²) >= 11 is 0. The van der Waals surface area contributed by atoms with Gasteiger partial charge in [-0.05, 0) is 42.9 Å². The molecule has 0 heterocycles. The van der Waals surface area contributed by atoms with Crippen LogP contribution < -0.4 is 10.2 Å². The fourth-order valence-electron chi connectivity index (χ4n) is 2.86. The lowest BCUT2D eigenvalue weighted by Crippen LogP contribution is -2.27. The number of anilines is 1. The lowest BCUT2D eigenvalue weighted by Gasteiger charge is -2.13. The number of hydrogen-bond acceptors (Lipinski definition) is 2. The molecule has 3 heteroatoms. The first-order valence-corrected chi connectivity index (χ1v) is 7.68. The van der Waals surface area contributed by atoms with Crippen LogP contribution in [0, 0.1) is 5.92 Å². The highest BCUT2D eigenvalue weighted by Crippen LogP contribution is 2.27. The molecule has 1 saturated carbocycles. The highest BCUT2D eigenvalue weighted by molar-refractivity contribution is 5.76. The van der Waals surface area contributed by atoms with Gasteiger partial charge in [-0.15, -0.1) is 0 Å². The molecule has 1 aliphatic carbocycles. The molecule has 1 aromatic rings. The Morgan fingerprint density at radius 3 is 2.45 bits per heavy atom. The van der Waals surface area contributed by atoms with E-state index in [0.29, 0.717) is 5.92 Å². The fraction of sp³-hybridized carbons (Fsp3) is 0.588. The molecule has 0 aliphatic heterocycles. The second kappa shape index (κ2) is 7.32. The number of carbonyl (C=O) groups is 1. The zero-order valence-electron chi connectivity index (χ0n) is 12.7. The van der Waals surface area contributed by atoms with Gasteiger partial charge in [0.15, 0.2) is 0 Å². The Labute approximate surface area is 122 Å². The van der Waals surface area contributed by atoms with E-state index in [1.807, 2.05) is 14.1 Å². The minimum absolute atomic E-state index is 0.224. The van der Waals surface area contributed by atoms with Crippen LogP contribution in [0.5, 0.6) is 0 Å². The van der Waals surface area contributed by atoms with E-state index in [1.54, 1.807) is 0 Å². The minimum atomic E-state index is 0.224. The van der Waals surface area contributed by atoms with Crippen molar-refractivity contribution < 1.29 is 4.79 Å². The average molecular weight is 274 g/mol. The maximum atomic E-state index is 11.8. The van der Waals surface area contributed by atoms with Crippen LogP contribution in [0.4, 0.5) is 5.69 Å². The van der Waals surface area contributed by atoms with Gasteiger partial charge >= 0.3 is 0 Å². The van der Waals surface area contributed by atoms with Gasteiger partial charge in [-0.3, -0.25) is 4.79 Å². The number of amides is 1. The van der Waals surface area contributed by atoms with Gasteiger partial charge in [-0.2, -0.15) is 0 Å². The summed E-state index contributed by atoms with van der Waals surface area (Å²) in [4.78, 5) is 13.9. The molecular formula is C17H26N2O. The molecule has 0 atom stereocenters. The lowest BCUT2D eigenvalue weighted by atomic mass is 10.0. The second-order valence-corrected chi connectivity index (χ2v) is 6.02. The van der Waals surface area contributed by atoms with Gasteiger partial charge in [0.2, 0.25) is 5.91 Å². The molecule has 1 fully saturated rings. The minimum Gasteiger partial charge on any atom is -0.378 e. The molecule has 0 saturated heterocycles.